The number of halogens is 1. The molecule has 0 atom stereocenters. The molecule has 1 heterocycles. The van der Waals surface area contributed by atoms with Crippen molar-refractivity contribution < 1.29 is 9.72 Å². The van der Waals surface area contributed by atoms with E-state index in [1.807, 2.05) is 6.08 Å². The number of benzene rings is 1. The summed E-state index contributed by atoms with van der Waals surface area (Å²) in [4.78, 5) is 26.9. The lowest BCUT2D eigenvalue weighted by atomic mass is 10.1. The number of nitro groups is 1. The molecule has 1 aromatic rings. The second-order valence-corrected chi connectivity index (χ2v) is 6.56. The van der Waals surface area contributed by atoms with Crippen LogP contribution in [-0.4, -0.2) is 22.3 Å². The lowest BCUT2D eigenvalue weighted by molar-refractivity contribution is -0.356. The predicted molar refractivity (Wildman–Crippen MR) is 93.4 cm³/mol. The van der Waals surface area contributed by atoms with Crippen molar-refractivity contribution in [3.8, 4) is 0 Å². The molecule has 0 unspecified atom stereocenters. The van der Waals surface area contributed by atoms with Gasteiger partial charge in [0.1, 0.15) is 0 Å². The number of rotatable bonds is 1. The maximum atomic E-state index is 12.2. The van der Waals surface area contributed by atoms with Gasteiger partial charge in [0.15, 0.2) is 0 Å². The normalized spacial score (nSPS) is 13.4. The van der Waals surface area contributed by atoms with E-state index in [4.69, 9.17) is 0 Å². The second-order valence-electron chi connectivity index (χ2n) is 5.68. The monoisotopic (exact) mass is 356 g/mol. The first-order chi connectivity index (χ1) is 10.3. The van der Waals surface area contributed by atoms with Crippen LogP contribution in [0.1, 0.15) is 36.7 Å². The number of guanidine groups is 1. The van der Waals surface area contributed by atoms with Gasteiger partial charge in [-0.25, -0.2) is 4.79 Å². The van der Waals surface area contributed by atoms with Crippen molar-refractivity contribution in [2.24, 2.45) is 4.99 Å². The molecule has 0 aromatic heterocycles. The minimum absolute atomic E-state index is 0. The average molecular weight is 357 g/mol. The van der Waals surface area contributed by atoms with E-state index in [0.717, 1.165) is 10.5 Å². The Balaban J connectivity index is 0.00000264. The number of fused-ring (bicyclic) bond motifs is 1. The quantitative estimate of drug-likeness (QED) is 0.264. The van der Waals surface area contributed by atoms with Crippen molar-refractivity contribution in [2.75, 3.05) is 0 Å². The van der Waals surface area contributed by atoms with Crippen molar-refractivity contribution in [2.45, 2.75) is 31.2 Å². The minimum atomic E-state index is -0.694. The van der Waals surface area contributed by atoms with Crippen LogP contribution in [0.2, 0.25) is 0 Å². The molecule has 0 fully saturated rings. The first-order valence-corrected chi connectivity index (χ1v) is 7.36. The van der Waals surface area contributed by atoms with Crippen LogP contribution in [0, 0.1) is 10.1 Å². The van der Waals surface area contributed by atoms with Crippen LogP contribution >= 0.6 is 24.4 Å². The Morgan fingerprint density at radius 3 is 2.70 bits per heavy atom. The van der Waals surface area contributed by atoms with E-state index in [1.54, 1.807) is 45.2 Å². The molecule has 1 aromatic carbocycles. The third kappa shape index (κ3) is 5.26. The summed E-state index contributed by atoms with van der Waals surface area (Å²) < 4.78 is 2.97. The van der Waals surface area contributed by atoms with Gasteiger partial charge in [0, 0.05) is 11.1 Å². The molecule has 0 radical (unpaired) electrons. The minimum Gasteiger partial charge on any atom is -0.390 e. The maximum absolute atomic E-state index is 12.2. The van der Waals surface area contributed by atoms with E-state index >= 15 is 0 Å². The van der Waals surface area contributed by atoms with Crippen LogP contribution in [-0.2, 0) is 0 Å². The topological polar surface area (TPSA) is 96.6 Å². The van der Waals surface area contributed by atoms with E-state index in [2.05, 4.69) is 15.0 Å². The molecule has 0 bridgehead atoms. The van der Waals surface area contributed by atoms with E-state index in [9.17, 15) is 14.9 Å². The second kappa shape index (κ2) is 7.47. The molecule has 2 rings (SSSR count). The molecule has 2 N–H and O–H groups in total. The smallest absolute Gasteiger partial charge is 0.390 e. The third-order valence-corrected chi connectivity index (χ3v) is 3.45. The van der Waals surface area contributed by atoms with Gasteiger partial charge >= 0.3 is 11.9 Å². The van der Waals surface area contributed by atoms with Gasteiger partial charge in [-0.15, -0.1) is 12.4 Å². The van der Waals surface area contributed by atoms with Crippen molar-refractivity contribution in [3.63, 3.8) is 0 Å². The Morgan fingerprint density at radius 1 is 1.39 bits per heavy atom. The first kappa shape index (κ1) is 19.0. The molecule has 124 valence electrons. The number of nitrogens with one attached hydrogen (secondary N) is 2. The van der Waals surface area contributed by atoms with Crippen LogP contribution < -0.4 is 10.0 Å². The molecule has 7 nitrogen and oxygen atoms in total. The number of hydrogen-bond acceptors (Lipinski definition) is 5. The largest absolute Gasteiger partial charge is 0.431 e. The number of carbonyl (C=O) groups is 1. The zero-order valence-electron chi connectivity index (χ0n) is 12.8. The fourth-order valence-corrected chi connectivity index (χ4v) is 2.43. The van der Waals surface area contributed by atoms with E-state index in [-0.39, 0.29) is 12.4 Å². The molecule has 1 aliphatic heterocycles. The lowest BCUT2D eigenvalue weighted by Gasteiger charge is -2.16. The van der Waals surface area contributed by atoms with Crippen LogP contribution in [0.3, 0.4) is 0 Å². The van der Waals surface area contributed by atoms with Gasteiger partial charge in [0.2, 0.25) is 0 Å². The maximum Gasteiger partial charge on any atom is 0.431 e. The van der Waals surface area contributed by atoms with Crippen LogP contribution in [0.15, 0.2) is 34.3 Å². The van der Waals surface area contributed by atoms with Crippen LogP contribution in [0.5, 0.6) is 0 Å². The zero-order valence-corrected chi connectivity index (χ0v) is 14.5. The number of aliphatic imine (C=N–C) groups is 1. The summed E-state index contributed by atoms with van der Waals surface area (Å²) in [5.74, 6) is -1.21. The van der Waals surface area contributed by atoms with Gasteiger partial charge in [-0.3, -0.25) is 5.32 Å². The Hall–Kier alpha value is -2.06. The highest BCUT2D eigenvalue weighted by Gasteiger charge is 2.24. The molecule has 1 aliphatic rings. The summed E-state index contributed by atoms with van der Waals surface area (Å²) in [5, 5.41) is 13.6. The Bertz CT molecular complexity index is 683. The SMILES string of the molecule is CC(C)(C)NC(=NC(=O)c1ccc2c(c1)SNC=C2)[N+](=O)[O-].Cl. The van der Waals surface area contributed by atoms with Crippen molar-refractivity contribution >= 4 is 42.3 Å². The molecule has 9 heteroatoms. The summed E-state index contributed by atoms with van der Waals surface area (Å²) in [7, 11) is 0. The number of amides is 1. The van der Waals surface area contributed by atoms with Crippen LogP contribution in [0.25, 0.3) is 6.08 Å². The van der Waals surface area contributed by atoms with Gasteiger partial charge < -0.3 is 14.8 Å². The fourth-order valence-electron chi connectivity index (χ4n) is 1.73. The van der Waals surface area contributed by atoms with Gasteiger partial charge in [0.25, 0.3) is 0 Å². The molecule has 0 saturated carbocycles. The fraction of sp³-hybridized carbons (Fsp3) is 0.286. The van der Waals surface area contributed by atoms with Gasteiger partial charge in [-0.1, -0.05) is 6.07 Å². The third-order valence-electron chi connectivity index (χ3n) is 2.63. The Labute approximate surface area is 144 Å². The Morgan fingerprint density at radius 2 is 2.09 bits per heavy atom. The van der Waals surface area contributed by atoms with Crippen molar-refractivity contribution in [1.82, 2.24) is 10.0 Å². The summed E-state index contributed by atoms with van der Waals surface area (Å²) in [6, 6.07) is 5.05. The predicted octanol–water partition coefficient (Wildman–Crippen LogP) is 2.85. The lowest BCUT2D eigenvalue weighted by Crippen LogP contribution is -2.44. The summed E-state index contributed by atoms with van der Waals surface area (Å²) in [6.07, 6.45) is 3.68. The van der Waals surface area contributed by atoms with E-state index < -0.39 is 22.3 Å². The molecule has 0 spiro atoms. The van der Waals surface area contributed by atoms with Gasteiger partial charge in [0.05, 0.1) is 11.1 Å². The highest BCUT2D eigenvalue weighted by atomic mass is 35.5. The molecule has 0 aliphatic carbocycles. The highest BCUT2D eigenvalue weighted by molar-refractivity contribution is 7.97. The van der Waals surface area contributed by atoms with Crippen molar-refractivity contribution in [1.29, 1.82) is 0 Å². The van der Waals surface area contributed by atoms with Gasteiger partial charge in [-0.2, -0.15) is 0 Å². The average Bonchev–Trinajstić information content (AvgIpc) is 2.44. The molecular weight excluding hydrogens is 340 g/mol. The van der Waals surface area contributed by atoms with Gasteiger partial charge in [-0.05, 0) is 66.4 Å². The molecule has 0 saturated heterocycles. The molecule has 23 heavy (non-hydrogen) atoms. The number of hydrogen-bond donors (Lipinski definition) is 2. The number of nitrogens with zero attached hydrogens (tertiary/aromatic N) is 2. The molecular formula is C14H17ClN4O3S. The zero-order chi connectivity index (χ0) is 16.3. The first-order valence-electron chi connectivity index (χ1n) is 6.55. The van der Waals surface area contributed by atoms with E-state index in [1.165, 1.54) is 11.9 Å². The summed E-state index contributed by atoms with van der Waals surface area (Å²) in [5.41, 5.74) is 0.720. The van der Waals surface area contributed by atoms with Crippen molar-refractivity contribution in [3.05, 3.63) is 45.6 Å². The molecule has 1 amide bonds. The highest BCUT2D eigenvalue weighted by Crippen LogP contribution is 2.26. The summed E-state index contributed by atoms with van der Waals surface area (Å²) >= 11 is 1.37. The number of carbonyl (C=O) groups excluding carboxylic acids is 1. The van der Waals surface area contributed by atoms with E-state index in [0.29, 0.717) is 5.56 Å². The van der Waals surface area contributed by atoms with Crippen LogP contribution in [0.4, 0.5) is 0 Å². The Kier molecular flexibility index (Phi) is 6.17. The standard InChI is InChI=1S/C14H16N4O3S.ClH/c1-14(2,3)17-13(18(20)21)16-12(19)10-5-4-9-6-7-15-22-11(9)8-10;/h4-8,15H,1-3H3,(H,16,17,19);1H. The summed E-state index contributed by atoms with van der Waals surface area (Å²) in [6.45, 7) is 5.26.